The van der Waals surface area contributed by atoms with E-state index >= 15 is 0 Å². The maximum atomic E-state index is 13.3. The first kappa shape index (κ1) is 18.9. The molecule has 0 unspecified atom stereocenters. The average Bonchev–Trinajstić information content (AvgIpc) is 3.36. The lowest BCUT2D eigenvalue weighted by atomic mass is 10.1. The van der Waals surface area contributed by atoms with Gasteiger partial charge in [0.05, 0.1) is 47.1 Å². The largest absolute Gasteiger partial charge is 0.497 e. The minimum Gasteiger partial charge on any atom is -0.497 e. The predicted molar refractivity (Wildman–Crippen MR) is 114 cm³/mol. The molecular weight excluding hydrogens is 388 g/mol. The van der Waals surface area contributed by atoms with Crippen LogP contribution in [0.3, 0.4) is 0 Å². The summed E-state index contributed by atoms with van der Waals surface area (Å²) in [5.74, 6) is 0.904. The Kier molecular flexibility index (Phi) is 4.94. The summed E-state index contributed by atoms with van der Waals surface area (Å²) >= 11 is 1.57. The van der Waals surface area contributed by atoms with Gasteiger partial charge in [0.15, 0.2) is 5.65 Å². The number of carbonyl (C=O) groups is 1. The Labute approximate surface area is 171 Å². The smallest absolute Gasteiger partial charge is 0.256 e. The second-order valence-corrected chi connectivity index (χ2v) is 7.41. The summed E-state index contributed by atoms with van der Waals surface area (Å²) in [6.45, 7) is 1.87. The molecule has 0 aliphatic carbocycles. The minimum absolute atomic E-state index is 0.266. The molecule has 4 aromatic rings. The molecule has 0 fully saturated rings. The van der Waals surface area contributed by atoms with Gasteiger partial charge >= 0.3 is 0 Å². The standard InChI is InChI=1S/C21H20N4O3S/c1-12-19-14(21(26)23-15-10-13(27-3)7-8-17(15)28-4)11-16(18-6-5-9-29-18)22-20(19)25(2)24-12/h5-11H,1-4H3,(H,23,26). The summed E-state index contributed by atoms with van der Waals surface area (Å²) in [7, 11) is 4.96. The lowest BCUT2D eigenvalue weighted by molar-refractivity contribution is 0.102. The Morgan fingerprint density at radius 1 is 1.17 bits per heavy atom. The molecule has 0 radical (unpaired) electrons. The number of hydrogen-bond donors (Lipinski definition) is 1. The number of rotatable bonds is 5. The van der Waals surface area contributed by atoms with Crippen molar-refractivity contribution in [2.24, 2.45) is 7.05 Å². The second kappa shape index (κ2) is 7.56. The summed E-state index contributed by atoms with van der Waals surface area (Å²) < 4.78 is 12.4. The van der Waals surface area contributed by atoms with Crippen molar-refractivity contribution in [3.63, 3.8) is 0 Å². The van der Waals surface area contributed by atoms with Crippen LogP contribution in [0.5, 0.6) is 11.5 Å². The Balaban J connectivity index is 1.84. The van der Waals surface area contributed by atoms with Crippen molar-refractivity contribution in [3.05, 3.63) is 53.0 Å². The summed E-state index contributed by atoms with van der Waals surface area (Å²) in [5.41, 5.74) is 3.18. The van der Waals surface area contributed by atoms with Crippen molar-refractivity contribution < 1.29 is 14.3 Å². The van der Waals surface area contributed by atoms with Gasteiger partial charge in [0.2, 0.25) is 0 Å². The number of benzene rings is 1. The normalized spacial score (nSPS) is 10.9. The number of fused-ring (bicyclic) bond motifs is 1. The number of nitrogens with one attached hydrogen (secondary N) is 1. The van der Waals surface area contributed by atoms with Crippen molar-refractivity contribution in [1.29, 1.82) is 0 Å². The monoisotopic (exact) mass is 408 g/mol. The van der Waals surface area contributed by atoms with Crippen LogP contribution in [0.25, 0.3) is 21.6 Å². The number of amides is 1. The number of methoxy groups -OCH3 is 2. The lowest BCUT2D eigenvalue weighted by Crippen LogP contribution is -2.14. The molecule has 4 rings (SSSR count). The molecule has 0 spiro atoms. The Bertz CT molecular complexity index is 1200. The van der Waals surface area contributed by atoms with Gasteiger partial charge in [-0.2, -0.15) is 5.10 Å². The third-order valence-electron chi connectivity index (χ3n) is 4.64. The predicted octanol–water partition coefficient (Wildman–Crippen LogP) is 4.27. The number of ether oxygens (including phenoxy) is 2. The first-order valence-corrected chi connectivity index (χ1v) is 9.81. The highest BCUT2D eigenvalue weighted by atomic mass is 32.1. The van der Waals surface area contributed by atoms with Crippen LogP contribution in [0.1, 0.15) is 16.1 Å². The molecule has 1 amide bonds. The Morgan fingerprint density at radius 3 is 2.69 bits per heavy atom. The summed E-state index contributed by atoms with van der Waals surface area (Å²) in [6.07, 6.45) is 0. The summed E-state index contributed by atoms with van der Waals surface area (Å²) in [5, 5.41) is 10.1. The number of thiophene rings is 1. The molecule has 8 heteroatoms. The molecule has 0 aliphatic heterocycles. The Hall–Kier alpha value is -3.39. The van der Waals surface area contributed by atoms with Gasteiger partial charge in [-0.15, -0.1) is 11.3 Å². The molecule has 0 saturated heterocycles. The van der Waals surface area contributed by atoms with Crippen molar-refractivity contribution >= 4 is 34.0 Å². The van der Waals surface area contributed by atoms with Gasteiger partial charge < -0.3 is 14.8 Å². The number of aryl methyl sites for hydroxylation is 2. The van der Waals surface area contributed by atoms with Crippen LogP contribution in [0.2, 0.25) is 0 Å². The number of carbonyl (C=O) groups excluding carboxylic acids is 1. The van der Waals surface area contributed by atoms with Crippen LogP contribution in [-0.2, 0) is 7.05 Å². The van der Waals surface area contributed by atoms with Gasteiger partial charge in [-0.25, -0.2) is 4.98 Å². The number of pyridine rings is 1. The number of aromatic nitrogens is 3. The molecule has 0 bridgehead atoms. The number of hydrogen-bond acceptors (Lipinski definition) is 6. The van der Waals surface area contributed by atoms with E-state index in [2.05, 4.69) is 10.4 Å². The molecule has 1 aromatic carbocycles. The molecule has 1 N–H and O–H groups in total. The zero-order valence-corrected chi connectivity index (χ0v) is 17.3. The molecule has 3 aromatic heterocycles. The summed E-state index contributed by atoms with van der Waals surface area (Å²) in [4.78, 5) is 19.0. The highest BCUT2D eigenvalue weighted by Gasteiger charge is 2.20. The van der Waals surface area contributed by atoms with Crippen LogP contribution in [0.4, 0.5) is 5.69 Å². The molecule has 29 heavy (non-hydrogen) atoms. The second-order valence-electron chi connectivity index (χ2n) is 6.46. The fraction of sp³-hybridized carbons (Fsp3) is 0.190. The average molecular weight is 408 g/mol. The highest BCUT2D eigenvalue weighted by Crippen LogP contribution is 2.32. The van der Waals surface area contributed by atoms with Gasteiger partial charge in [0.1, 0.15) is 11.5 Å². The minimum atomic E-state index is -0.266. The van der Waals surface area contributed by atoms with Crippen LogP contribution in [-0.4, -0.2) is 34.9 Å². The van der Waals surface area contributed by atoms with E-state index in [-0.39, 0.29) is 5.91 Å². The van der Waals surface area contributed by atoms with E-state index < -0.39 is 0 Å². The fourth-order valence-corrected chi connectivity index (χ4v) is 3.96. The van der Waals surface area contributed by atoms with E-state index in [4.69, 9.17) is 14.5 Å². The van der Waals surface area contributed by atoms with Crippen LogP contribution >= 0.6 is 11.3 Å². The fourth-order valence-electron chi connectivity index (χ4n) is 3.28. The number of nitrogens with zero attached hydrogens (tertiary/aromatic N) is 3. The van der Waals surface area contributed by atoms with E-state index in [0.29, 0.717) is 28.4 Å². The third kappa shape index (κ3) is 3.42. The first-order valence-electron chi connectivity index (χ1n) is 8.93. The first-order chi connectivity index (χ1) is 14.0. The number of anilines is 1. The molecule has 3 heterocycles. The molecule has 148 valence electrons. The SMILES string of the molecule is COc1ccc(OC)c(NC(=O)c2cc(-c3cccs3)nc3c2c(C)nn3C)c1. The zero-order chi connectivity index (χ0) is 20.5. The van der Waals surface area contributed by atoms with Gasteiger partial charge in [0, 0.05) is 13.1 Å². The van der Waals surface area contributed by atoms with E-state index in [0.717, 1.165) is 21.7 Å². The van der Waals surface area contributed by atoms with Gasteiger partial charge in [-0.3, -0.25) is 9.48 Å². The molecule has 0 atom stereocenters. The van der Waals surface area contributed by atoms with Crippen molar-refractivity contribution in [1.82, 2.24) is 14.8 Å². The van der Waals surface area contributed by atoms with E-state index in [1.807, 2.05) is 37.6 Å². The van der Waals surface area contributed by atoms with Gasteiger partial charge in [-0.1, -0.05) is 6.07 Å². The van der Waals surface area contributed by atoms with E-state index in [1.165, 1.54) is 0 Å². The molecular formula is C21H20N4O3S. The molecule has 0 saturated carbocycles. The molecule has 7 nitrogen and oxygen atoms in total. The molecule has 0 aliphatic rings. The third-order valence-corrected chi connectivity index (χ3v) is 5.53. The Morgan fingerprint density at radius 2 is 2.00 bits per heavy atom. The highest BCUT2D eigenvalue weighted by molar-refractivity contribution is 7.13. The topological polar surface area (TPSA) is 78.3 Å². The van der Waals surface area contributed by atoms with Crippen molar-refractivity contribution in [2.75, 3.05) is 19.5 Å². The van der Waals surface area contributed by atoms with Crippen LogP contribution in [0.15, 0.2) is 41.8 Å². The maximum Gasteiger partial charge on any atom is 0.256 e. The lowest BCUT2D eigenvalue weighted by Gasteiger charge is -2.13. The van der Waals surface area contributed by atoms with E-state index in [1.54, 1.807) is 48.4 Å². The van der Waals surface area contributed by atoms with Crippen LogP contribution < -0.4 is 14.8 Å². The summed E-state index contributed by atoms with van der Waals surface area (Å²) in [6, 6.07) is 11.0. The zero-order valence-electron chi connectivity index (χ0n) is 16.5. The van der Waals surface area contributed by atoms with Crippen molar-refractivity contribution in [2.45, 2.75) is 6.92 Å². The maximum absolute atomic E-state index is 13.3. The van der Waals surface area contributed by atoms with Gasteiger partial charge in [0.25, 0.3) is 5.91 Å². The quantitative estimate of drug-likeness (QED) is 0.533. The van der Waals surface area contributed by atoms with Crippen molar-refractivity contribution in [3.8, 4) is 22.1 Å². The van der Waals surface area contributed by atoms with Gasteiger partial charge in [-0.05, 0) is 36.6 Å². The van der Waals surface area contributed by atoms with E-state index in [9.17, 15) is 4.79 Å². The van der Waals surface area contributed by atoms with Crippen LogP contribution in [0, 0.1) is 6.92 Å².